The number of nitrogens with zero attached hydrogens (tertiary/aromatic N) is 1. The Labute approximate surface area is 131 Å². The molecule has 0 saturated heterocycles. The quantitative estimate of drug-likeness (QED) is 0.850. The molecule has 0 unspecified atom stereocenters. The molecule has 0 aliphatic carbocycles. The number of rotatable bonds is 5. The largest absolute Gasteiger partial charge is 0.493 e. The molecule has 22 heavy (non-hydrogen) atoms. The summed E-state index contributed by atoms with van der Waals surface area (Å²) in [5.41, 5.74) is 1.39. The van der Waals surface area contributed by atoms with Gasteiger partial charge < -0.3 is 9.47 Å². The van der Waals surface area contributed by atoms with Crippen LogP contribution in [0.25, 0.3) is 0 Å². The van der Waals surface area contributed by atoms with Gasteiger partial charge in [-0.25, -0.2) is 8.42 Å². The predicted octanol–water partition coefficient (Wildman–Crippen LogP) is 2.84. The standard InChI is InChI=1S/C16H19NO4S/c1-12-6-5-7-14(10-12)22(18,19)17(2)13-8-9-15(20-3)16(11-13)21-4/h5-11H,1-4H3. The summed E-state index contributed by atoms with van der Waals surface area (Å²) >= 11 is 0. The summed E-state index contributed by atoms with van der Waals surface area (Å²) in [6.07, 6.45) is 0. The zero-order valence-corrected chi connectivity index (χ0v) is 13.8. The number of benzene rings is 2. The van der Waals surface area contributed by atoms with Gasteiger partial charge in [-0.2, -0.15) is 0 Å². The zero-order chi connectivity index (χ0) is 16.3. The van der Waals surface area contributed by atoms with Crippen molar-refractivity contribution in [2.24, 2.45) is 0 Å². The second-order valence-corrected chi connectivity index (χ2v) is 6.80. The molecule has 0 heterocycles. The van der Waals surface area contributed by atoms with E-state index in [1.807, 2.05) is 13.0 Å². The lowest BCUT2D eigenvalue weighted by atomic mass is 10.2. The average molecular weight is 321 g/mol. The Morgan fingerprint density at radius 3 is 2.23 bits per heavy atom. The van der Waals surface area contributed by atoms with Crippen molar-refractivity contribution in [3.63, 3.8) is 0 Å². The summed E-state index contributed by atoms with van der Waals surface area (Å²) in [5.74, 6) is 1.03. The van der Waals surface area contributed by atoms with Crippen LogP contribution in [0, 0.1) is 6.92 Å². The van der Waals surface area contributed by atoms with Crippen LogP contribution in [-0.2, 0) is 10.0 Å². The van der Waals surface area contributed by atoms with Gasteiger partial charge >= 0.3 is 0 Å². The van der Waals surface area contributed by atoms with Crippen LogP contribution in [0.1, 0.15) is 5.56 Å². The summed E-state index contributed by atoms with van der Waals surface area (Å²) < 4.78 is 37.0. The fourth-order valence-corrected chi connectivity index (χ4v) is 3.39. The Morgan fingerprint density at radius 2 is 1.64 bits per heavy atom. The Bertz CT molecular complexity index is 771. The molecule has 0 aliphatic heterocycles. The first kappa shape index (κ1) is 16.2. The van der Waals surface area contributed by atoms with E-state index < -0.39 is 10.0 Å². The molecule has 2 aromatic carbocycles. The maximum atomic E-state index is 12.7. The van der Waals surface area contributed by atoms with Gasteiger partial charge in [0.2, 0.25) is 0 Å². The highest BCUT2D eigenvalue weighted by Gasteiger charge is 2.22. The van der Waals surface area contributed by atoms with Gasteiger partial charge in [-0.05, 0) is 36.8 Å². The van der Waals surface area contributed by atoms with Gasteiger partial charge in [0.25, 0.3) is 10.0 Å². The minimum atomic E-state index is -3.62. The summed E-state index contributed by atoms with van der Waals surface area (Å²) in [6.45, 7) is 1.86. The van der Waals surface area contributed by atoms with Gasteiger partial charge in [0.15, 0.2) is 11.5 Å². The van der Waals surface area contributed by atoms with E-state index in [0.29, 0.717) is 17.2 Å². The Hall–Kier alpha value is -2.21. The molecule has 0 atom stereocenters. The Kier molecular flexibility index (Phi) is 4.61. The van der Waals surface area contributed by atoms with Crippen molar-refractivity contribution in [2.45, 2.75) is 11.8 Å². The van der Waals surface area contributed by atoms with Crippen molar-refractivity contribution in [2.75, 3.05) is 25.6 Å². The highest BCUT2D eigenvalue weighted by atomic mass is 32.2. The summed E-state index contributed by atoms with van der Waals surface area (Å²) in [6, 6.07) is 11.8. The van der Waals surface area contributed by atoms with E-state index in [0.717, 1.165) is 5.56 Å². The summed E-state index contributed by atoms with van der Waals surface area (Å²) in [5, 5.41) is 0. The minimum Gasteiger partial charge on any atom is -0.493 e. The summed E-state index contributed by atoms with van der Waals surface area (Å²) in [7, 11) is 0.934. The first-order valence-corrected chi connectivity index (χ1v) is 8.12. The van der Waals surface area contributed by atoms with Crippen LogP contribution in [0.2, 0.25) is 0 Å². The van der Waals surface area contributed by atoms with Gasteiger partial charge in [-0.15, -0.1) is 0 Å². The molecule has 0 fully saturated rings. The minimum absolute atomic E-state index is 0.254. The van der Waals surface area contributed by atoms with E-state index in [1.54, 1.807) is 36.4 Å². The monoisotopic (exact) mass is 321 g/mol. The van der Waals surface area contributed by atoms with Crippen LogP contribution in [0.3, 0.4) is 0 Å². The van der Waals surface area contributed by atoms with Crippen molar-refractivity contribution in [1.82, 2.24) is 0 Å². The second-order valence-electron chi connectivity index (χ2n) is 4.83. The van der Waals surface area contributed by atoms with Crippen LogP contribution in [0.5, 0.6) is 11.5 Å². The van der Waals surface area contributed by atoms with Crippen molar-refractivity contribution in [3.8, 4) is 11.5 Å². The van der Waals surface area contributed by atoms with Crippen molar-refractivity contribution >= 4 is 15.7 Å². The Morgan fingerprint density at radius 1 is 0.955 bits per heavy atom. The second kappa shape index (κ2) is 6.27. The molecule has 0 aromatic heterocycles. The number of hydrogen-bond donors (Lipinski definition) is 0. The lowest BCUT2D eigenvalue weighted by Crippen LogP contribution is -2.26. The van der Waals surface area contributed by atoms with E-state index in [-0.39, 0.29) is 4.90 Å². The van der Waals surface area contributed by atoms with Gasteiger partial charge in [0, 0.05) is 13.1 Å². The van der Waals surface area contributed by atoms with Gasteiger partial charge in [-0.3, -0.25) is 4.31 Å². The number of anilines is 1. The van der Waals surface area contributed by atoms with E-state index >= 15 is 0 Å². The smallest absolute Gasteiger partial charge is 0.264 e. The molecule has 0 amide bonds. The number of sulfonamides is 1. The van der Waals surface area contributed by atoms with E-state index in [1.165, 1.54) is 25.6 Å². The van der Waals surface area contributed by atoms with Gasteiger partial charge in [0.05, 0.1) is 24.8 Å². The van der Waals surface area contributed by atoms with Crippen molar-refractivity contribution < 1.29 is 17.9 Å². The van der Waals surface area contributed by atoms with Crippen LogP contribution < -0.4 is 13.8 Å². The highest BCUT2D eigenvalue weighted by Crippen LogP contribution is 2.33. The molecule has 2 aromatic rings. The van der Waals surface area contributed by atoms with Crippen LogP contribution in [-0.4, -0.2) is 29.7 Å². The maximum Gasteiger partial charge on any atom is 0.264 e. The van der Waals surface area contributed by atoms with Crippen LogP contribution in [0.4, 0.5) is 5.69 Å². The molecular formula is C16H19NO4S. The third-order valence-corrected chi connectivity index (χ3v) is 5.16. The molecule has 0 N–H and O–H groups in total. The van der Waals surface area contributed by atoms with Gasteiger partial charge in [-0.1, -0.05) is 12.1 Å². The van der Waals surface area contributed by atoms with Gasteiger partial charge in [0.1, 0.15) is 0 Å². The molecule has 0 saturated carbocycles. The molecule has 0 bridgehead atoms. The molecular weight excluding hydrogens is 302 g/mol. The predicted molar refractivity (Wildman–Crippen MR) is 86.3 cm³/mol. The SMILES string of the molecule is COc1ccc(N(C)S(=O)(=O)c2cccc(C)c2)cc1OC. The lowest BCUT2D eigenvalue weighted by Gasteiger charge is -2.21. The molecule has 0 aliphatic rings. The number of hydrogen-bond acceptors (Lipinski definition) is 4. The fraction of sp³-hybridized carbons (Fsp3) is 0.250. The first-order valence-electron chi connectivity index (χ1n) is 6.67. The zero-order valence-electron chi connectivity index (χ0n) is 13.0. The molecule has 0 radical (unpaired) electrons. The fourth-order valence-electron chi connectivity index (χ4n) is 2.09. The highest BCUT2D eigenvalue weighted by molar-refractivity contribution is 7.92. The molecule has 2 rings (SSSR count). The Balaban J connectivity index is 2.44. The van der Waals surface area contributed by atoms with Crippen molar-refractivity contribution in [1.29, 1.82) is 0 Å². The number of aryl methyl sites for hydroxylation is 1. The van der Waals surface area contributed by atoms with Crippen LogP contribution in [0.15, 0.2) is 47.4 Å². The molecule has 6 heteroatoms. The third-order valence-electron chi connectivity index (χ3n) is 3.38. The number of ether oxygens (including phenoxy) is 2. The topological polar surface area (TPSA) is 55.8 Å². The average Bonchev–Trinajstić information content (AvgIpc) is 2.53. The van der Waals surface area contributed by atoms with E-state index in [9.17, 15) is 8.42 Å². The number of methoxy groups -OCH3 is 2. The van der Waals surface area contributed by atoms with Crippen LogP contribution >= 0.6 is 0 Å². The maximum absolute atomic E-state index is 12.7. The molecule has 118 valence electrons. The molecule has 0 spiro atoms. The van der Waals surface area contributed by atoms with E-state index in [2.05, 4.69) is 0 Å². The molecule has 5 nitrogen and oxygen atoms in total. The van der Waals surface area contributed by atoms with Crippen molar-refractivity contribution in [3.05, 3.63) is 48.0 Å². The summed E-state index contributed by atoms with van der Waals surface area (Å²) in [4.78, 5) is 0.254. The normalized spacial score (nSPS) is 11.1. The third kappa shape index (κ3) is 3.01. The first-order chi connectivity index (χ1) is 10.4. The van der Waals surface area contributed by atoms with E-state index in [4.69, 9.17) is 9.47 Å². The lowest BCUT2D eigenvalue weighted by molar-refractivity contribution is 0.355.